The molecule has 0 fully saturated rings. The average molecular weight is 297 g/mol. The van der Waals surface area contributed by atoms with Crippen LogP contribution in [0.15, 0.2) is 48.8 Å². The van der Waals surface area contributed by atoms with E-state index in [1.165, 1.54) is 18.5 Å². The van der Waals surface area contributed by atoms with Gasteiger partial charge in [-0.25, -0.2) is 14.4 Å². The number of nitrogens with one attached hydrogen (secondary N) is 1. The van der Waals surface area contributed by atoms with Crippen LogP contribution in [0.2, 0.25) is 0 Å². The van der Waals surface area contributed by atoms with Gasteiger partial charge in [-0.1, -0.05) is 18.2 Å². The van der Waals surface area contributed by atoms with Gasteiger partial charge in [0, 0.05) is 11.9 Å². The van der Waals surface area contributed by atoms with Crippen molar-refractivity contribution >= 4 is 16.7 Å². The molecule has 0 amide bonds. The Balaban J connectivity index is 1.75. The lowest BCUT2D eigenvalue weighted by Gasteiger charge is -2.10. The molecule has 0 saturated carbocycles. The Morgan fingerprint density at radius 3 is 2.86 bits per heavy atom. The van der Waals surface area contributed by atoms with Crippen LogP contribution in [-0.4, -0.2) is 23.6 Å². The normalized spacial score (nSPS) is 10.6. The number of methoxy groups -OCH3 is 1. The predicted molar refractivity (Wildman–Crippen MR) is 84.7 cm³/mol. The van der Waals surface area contributed by atoms with Crippen LogP contribution in [0.4, 0.5) is 10.2 Å². The average Bonchev–Trinajstić information content (AvgIpc) is 2.55. The van der Waals surface area contributed by atoms with Crippen molar-refractivity contribution in [3.8, 4) is 5.75 Å². The van der Waals surface area contributed by atoms with Crippen molar-refractivity contribution in [3.05, 3.63) is 60.2 Å². The summed E-state index contributed by atoms with van der Waals surface area (Å²) in [5.41, 5.74) is 1.83. The number of benzene rings is 2. The Morgan fingerprint density at radius 1 is 1.14 bits per heavy atom. The maximum Gasteiger partial charge on any atom is 0.137 e. The summed E-state index contributed by atoms with van der Waals surface area (Å²) in [6.07, 6.45) is 2.26. The zero-order valence-electron chi connectivity index (χ0n) is 12.2. The molecule has 3 rings (SSSR count). The van der Waals surface area contributed by atoms with Gasteiger partial charge in [-0.15, -0.1) is 0 Å². The van der Waals surface area contributed by atoms with Gasteiger partial charge in [-0.2, -0.15) is 0 Å². The molecule has 0 unspecified atom stereocenters. The van der Waals surface area contributed by atoms with Gasteiger partial charge < -0.3 is 10.1 Å². The number of anilines is 1. The maximum absolute atomic E-state index is 13.4. The summed E-state index contributed by atoms with van der Waals surface area (Å²) in [5, 5.41) is 3.92. The van der Waals surface area contributed by atoms with E-state index in [-0.39, 0.29) is 5.82 Å². The van der Waals surface area contributed by atoms with Gasteiger partial charge in [0.25, 0.3) is 0 Å². The highest BCUT2D eigenvalue weighted by atomic mass is 19.1. The van der Waals surface area contributed by atoms with E-state index in [0.29, 0.717) is 17.7 Å². The number of hydrogen-bond acceptors (Lipinski definition) is 4. The van der Waals surface area contributed by atoms with Gasteiger partial charge >= 0.3 is 0 Å². The molecule has 1 heterocycles. The molecule has 0 aliphatic rings. The SMILES string of the molecule is COc1ccccc1CCNc1ncnc2ccc(F)cc12. The first-order chi connectivity index (χ1) is 10.8. The van der Waals surface area contributed by atoms with E-state index in [1.807, 2.05) is 24.3 Å². The highest BCUT2D eigenvalue weighted by Crippen LogP contribution is 2.21. The minimum Gasteiger partial charge on any atom is -0.496 e. The Labute approximate surface area is 128 Å². The lowest BCUT2D eigenvalue weighted by atomic mass is 10.1. The number of fused-ring (bicyclic) bond motifs is 1. The van der Waals surface area contributed by atoms with Crippen LogP contribution in [0.1, 0.15) is 5.56 Å². The molecule has 0 aliphatic carbocycles. The van der Waals surface area contributed by atoms with Crippen LogP contribution < -0.4 is 10.1 Å². The van der Waals surface area contributed by atoms with E-state index in [4.69, 9.17) is 4.74 Å². The summed E-state index contributed by atoms with van der Waals surface area (Å²) in [5.74, 6) is 1.21. The monoisotopic (exact) mass is 297 g/mol. The Morgan fingerprint density at radius 2 is 2.00 bits per heavy atom. The quantitative estimate of drug-likeness (QED) is 0.783. The Kier molecular flexibility index (Phi) is 4.14. The third-order valence-corrected chi connectivity index (χ3v) is 3.48. The molecule has 0 radical (unpaired) electrons. The molecule has 2 aromatic carbocycles. The molecule has 1 aromatic heterocycles. The van der Waals surface area contributed by atoms with Crippen molar-refractivity contribution in [2.75, 3.05) is 19.0 Å². The van der Waals surface area contributed by atoms with Crippen LogP contribution in [0.5, 0.6) is 5.75 Å². The lowest BCUT2D eigenvalue weighted by molar-refractivity contribution is 0.410. The summed E-state index contributed by atoms with van der Waals surface area (Å²) in [4.78, 5) is 8.34. The third kappa shape index (κ3) is 2.98. The fourth-order valence-corrected chi connectivity index (χ4v) is 2.39. The second kappa shape index (κ2) is 6.39. The summed E-state index contributed by atoms with van der Waals surface area (Å²) >= 11 is 0. The van der Waals surface area contributed by atoms with Crippen molar-refractivity contribution in [3.63, 3.8) is 0 Å². The van der Waals surface area contributed by atoms with Crippen molar-refractivity contribution in [2.45, 2.75) is 6.42 Å². The van der Waals surface area contributed by atoms with E-state index in [9.17, 15) is 4.39 Å². The number of halogens is 1. The van der Waals surface area contributed by atoms with Gasteiger partial charge in [-0.05, 0) is 36.2 Å². The van der Waals surface area contributed by atoms with E-state index >= 15 is 0 Å². The van der Waals surface area contributed by atoms with Crippen LogP contribution in [0, 0.1) is 5.82 Å². The van der Waals surface area contributed by atoms with E-state index in [1.54, 1.807) is 13.2 Å². The molecule has 3 aromatic rings. The summed E-state index contributed by atoms with van der Waals surface area (Å²) in [6.45, 7) is 0.670. The number of hydrogen-bond donors (Lipinski definition) is 1. The van der Waals surface area contributed by atoms with Gasteiger partial charge in [0.05, 0.1) is 12.6 Å². The number of aromatic nitrogens is 2. The van der Waals surface area contributed by atoms with Crippen LogP contribution in [0.25, 0.3) is 10.9 Å². The highest BCUT2D eigenvalue weighted by molar-refractivity contribution is 5.88. The number of rotatable bonds is 5. The fourth-order valence-electron chi connectivity index (χ4n) is 2.39. The first-order valence-corrected chi connectivity index (χ1v) is 7.04. The van der Waals surface area contributed by atoms with E-state index in [2.05, 4.69) is 15.3 Å². The molecule has 0 aliphatic heterocycles. The van der Waals surface area contributed by atoms with Crippen LogP contribution in [0.3, 0.4) is 0 Å². The fraction of sp³-hybridized carbons (Fsp3) is 0.176. The first-order valence-electron chi connectivity index (χ1n) is 7.04. The van der Waals surface area contributed by atoms with Crippen molar-refractivity contribution in [1.29, 1.82) is 0 Å². The number of para-hydroxylation sites is 1. The summed E-state index contributed by atoms with van der Waals surface area (Å²) in [7, 11) is 1.66. The second-order valence-electron chi connectivity index (χ2n) is 4.87. The summed E-state index contributed by atoms with van der Waals surface area (Å²) in [6, 6.07) is 12.4. The molecule has 4 nitrogen and oxygen atoms in total. The molecule has 1 N–H and O–H groups in total. The first kappa shape index (κ1) is 14.3. The summed E-state index contributed by atoms with van der Waals surface area (Å²) < 4.78 is 18.7. The zero-order valence-corrected chi connectivity index (χ0v) is 12.2. The topological polar surface area (TPSA) is 47.0 Å². The van der Waals surface area contributed by atoms with Gasteiger partial charge in [0.1, 0.15) is 23.7 Å². The Hall–Kier alpha value is -2.69. The number of nitrogens with zero attached hydrogens (tertiary/aromatic N) is 2. The minimum atomic E-state index is -0.296. The standard InChI is InChI=1S/C17H16FN3O/c1-22-16-5-3-2-4-12(16)8-9-19-17-14-10-13(18)6-7-15(14)20-11-21-17/h2-7,10-11H,8-9H2,1H3,(H,19,20,21). The molecule has 22 heavy (non-hydrogen) atoms. The second-order valence-corrected chi connectivity index (χ2v) is 4.87. The lowest BCUT2D eigenvalue weighted by Crippen LogP contribution is -2.08. The minimum absolute atomic E-state index is 0.296. The predicted octanol–water partition coefficient (Wildman–Crippen LogP) is 3.43. The van der Waals surface area contributed by atoms with Crippen molar-refractivity contribution in [1.82, 2.24) is 9.97 Å². The van der Waals surface area contributed by atoms with Gasteiger partial charge in [0.2, 0.25) is 0 Å². The molecular formula is C17H16FN3O. The molecule has 0 atom stereocenters. The van der Waals surface area contributed by atoms with Crippen LogP contribution in [-0.2, 0) is 6.42 Å². The van der Waals surface area contributed by atoms with Gasteiger partial charge in [-0.3, -0.25) is 0 Å². The molecule has 112 valence electrons. The largest absolute Gasteiger partial charge is 0.496 e. The smallest absolute Gasteiger partial charge is 0.137 e. The van der Waals surface area contributed by atoms with Gasteiger partial charge in [0.15, 0.2) is 0 Å². The molecule has 0 bridgehead atoms. The Bertz CT molecular complexity index is 792. The van der Waals surface area contributed by atoms with E-state index < -0.39 is 0 Å². The third-order valence-electron chi connectivity index (χ3n) is 3.48. The molecule has 0 saturated heterocycles. The van der Waals surface area contributed by atoms with E-state index in [0.717, 1.165) is 23.3 Å². The van der Waals surface area contributed by atoms with Crippen LogP contribution >= 0.6 is 0 Å². The van der Waals surface area contributed by atoms with Crippen molar-refractivity contribution < 1.29 is 9.13 Å². The molecule has 5 heteroatoms. The number of ether oxygens (including phenoxy) is 1. The molecule has 0 spiro atoms. The maximum atomic E-state index is 13.4. The van der Waals surface area contributed by atoms with Crippen molar-refractivity contribution in [2.24, 2.45) is 0 Å². The zero-order chi connectivity index (χ0) is 15.4. The highest BCUT2D eigenvalue weighted by Gasteiger charge is 2.06. The molecular weight excluding hydrogens is 281 g/mol.